The smallest absolute Gasteiger partial charge is 0.253 e. The van der Waals surface area contributed by atoms with Gasteiger partial charge in [0.15, 0.2) is 0 Å². The lowest BCUT2D eigenvalue weighted by molar-refractivity contribution is -0.00315. The maximum atomic E-state index is 11.7. The molecule has 1 N–H and O–H groups in total. The summed E-state index contributed by atoms with van der Waals surface area (Å²) in [5.74, 6) is 1.02. The number of aromatic nitrogens is 1. The number of nitrogens with one attached hydrogen (secondary N) is 1. The summed E-state index contributed by atoms with van der Waals surface area (Å²) >= 11 is 0. The van der Waals surface area contributed by atoms with Gasteiger partial charge < -0.3 is 15.0 Å². The second kappa shape index (κ2) is 6.11. The summed E-state index contributed by atoms with van der Waals surface area (Å²) in [5, 5.41) is 2.84. The third kappa shape index (κ3) is 3.66. The van der Waals surface area contributed by atoms with Crippen LogP contribution in [0.4, 0.5) is 5.82 Å². The fraction of sp³-hybridized carbons (Fsp3) is 0.667. The van der Waals surface area contributed by atoms with Crippen molar-refractivity contribution in [1.82, 2.24) is 10.3 Å². The zero-order valence-electron chi connectivity index (χ0n) is 14.6. The van der Waals surface area contributed by atoms with Gasteiger partial charge in [-0.3, -0.25) is 4.79 Å². The molecule has 5 heteroatoms. The number of anilines is 1. The van der Waals surface area contributed by atoms with Crippen LogP contribution in [0.15, 0.2) is 6.07 Å². The van der Waals surface area contributed by atoms with Crippen molar-refractivity contribution in [3.8, 4) is 0 Å². The molecule has 3 heterocycles. The summed E-state index contributed by atoms with van der Waals surface area (Å²) in [7, 11) is 0. The Morgan fingerprint density at radius 3 is 2.70 bits per heavy atom. The molecule has 0 spiro atoms. The van der Waals surface area contributed by atoms with Crippen LogP contribution in [-0.4, -0.2) is 36.7 Å². The minimum atomic E-state index is -0.00330. The maximum Gasteiger partial charge on any atom is 0.253 e. The SMILES string of the molecule is Cc1cc2c(nc1N1CCC(OCC(C)(C)C)CC1)CNC2=O. The molecule has 3 rings (SSSR count). The molecular weight excluding hydrogens is 290 g/mol. The molecule has 0 radical (unpaired) electrons. The van der Waals surface area contributed by atoms with Crippen LogP contribution in [0.2, 0.25) is 0 Å². The van der Waals surface area contributed by atoms with Crippen molar-refractivity contribution in [2.45, 2.75) is 53.2 Å². The van der Waals surface area contributed by atoms with E-state index in [-0.39, 0.29) is 11.3 Å². The summed E-state index contributed by atoms with van der Waals surface area (Å²) in [6.07, 6.45) is 2.42. The van der Waals surface area contributed by atoms with Crippen molar-refractivity contribution < 1.29 is 9.53 Å². The van der Waals surface area contributed by atoms with Gasteiger partial charge in [0.1, 0.15) is 5.82 Å². The highest BCUT2D eigenvalue weighted by Gasteiger charge is 2.26. The zero-order valence-corrected chi connectivity index (χ0v) is 14.6. The summed E-state index contributed by atoms with van der Waals surface area (Å²) in [6, 6.07) is 1.97. The highest BCUT2D eigenvalue weighted by molar-refractivity contribution is 5.98. The Morgan fingerprint density at radius 1 is 1.35 bits per heavy atom. The van der Waals surface area contributed by atoms with Crippen molar-refractivity contribution in [3.05, 3.63) is 22.9 Å². The lowest BCUT2D eigenvalue weighted by Crippen LogP contribution is -2.39. The first-order chi connectivity index (χ1) is 10.8. The quantitative estimate of drug-likeness (QED) is 0.931. The highest BCUT2D eigenvalue weighted by atomic mass is 16.5. The van der Waals surface area contributed by atoms with Crippen LogP contribution >= 0.6 is 0 Å². The molecular formula is C18H27N3O2. The van der Waals surface area contributed by atoms with Crippen LogP contribution < -0.4 is 10.2 Å². The number of nitrogens with zero attached hydrogens (tertiary/aromatic N) is 2. The van der Waals surface area contributed by atoms with E-state index in [1.54, 1.807) is 0 Å². The number of rotatable bonds is 3. The van der Waals surface area contributed by atoms with Crippen molar-refractivity contribution in [3.63, 3.8) is 0 Å². The van der Waals surface area contributed by atoms with Crippen molar-refractivity contribution in [2.24, 2.45) is 5.41 Å². The number of hydrogen-bond acceptors (Lipinski definition) is 4. The van der Waals surface area contributed by atoms with Gasteiger partial charge in [0, 0.05) is 13.1 Å². The highest BCUT2D eigenvalue weighted by Crippen LogP contribution is 2.27. The largest absolute Gasteiger partial charge is 0.378 e. The number of carbonyl (C=O) groups is 1. The molecule has 2 aliphatic heterocycles. The average molecular weight is 317 g/mol. The number of hydrogen-bond donors (Lipinski definition) is 1. The first-order valence-corrected chi connectivity index (χ1v) is 8.49. The predicted octanol–water partition coefficient (Wildman–Crippen LogP) is 2.66. The van der Waals surface area contributed by atoms with E-state index < -0.39 is 0 Å². The van der Waals surface area contributed by atoms with Crippen molar-refractivity contribution in [1.29, 1.82) is 0 Å². The van der Waals surface area contributed by atoms with Gasteiger partial charge in [-0.1, -0.05) is 20.8 Å². The molecule has 0 bridgehead atoms. The van der Waals surface area contributed by atoms with E-state index in [0.29, 0.717) is 12.6 Å². The van der Waals surface area contributed by atoms with Gasteiger partial charge in [0.2, 0.25) is 0 Å². The molecule has 1 fully saturated rings. The van der Waals surface area contributed by atoms with Gasteiger partial charge in [-0.05, 0) is 36.8 Å². The average Bonchev–Trinajstić information content (AvgIpc) is 2.85. The minimum Gasteiger partial charge on any atom is -0.378 e. The Hall–Kier alpha value is -1.62. The number of carbonyl (C=O) groups excluding carboxylic acids is 1. The number of ether oxygens (including phenoxy) is 1. The van der Waals surface area contributed by atoms with Crippen LogP contribution in [0.25, 0.3) is 0 Å². The van der Waals surface area contributed by atoms with Gasteiger partial charge in [-0.25, -0.2) is 4.98 Å². The van der Waals surface area contributed by atoms with E-state index >= 15 is 0 Å². The van der Waals surface area contributed by atoms with Crippen LogP contribution in [0.1, 0.15) is 55.2 Å². The van der Waals surface area contributed by atoms with Crippen LogP contribution in [0, 0.1) is 12.3 Å². The molecule has 1 saturated heterocycles. The molecule has 0 aromatic carbocycles. The fourth-order valence-corrected chi connectivity index (χ4v) is 3.15. The zero-order chi connectivity index (χ0) is 16.6. The van der Waals surface area contributed by atoms with Gasteiger partial charge in [0.25, 0.3) is 5.91 Å². The second-order valence-electron chi connectivity index (χ2n) is 7.86. The van der Waals surface area contributed by atoms with Gasteiger partial charge >= 0.3 is 0 Å². The molecule has 1 aromatic heterocycles. The molecule has 0 unspecified atom stereocenters. The first kappa shape index (κ1) is 16.2. The Labute approximate surface area is 138 Å². The molecule has 0 aliphatic carbocycles. The summed E-state index contributed by atoms with van der Waals surface area (Å²) < 4.78 is 6.05. The molecule has 2 aliphatic rings. The summed E-state index contributed by atoms with van der Waals surface area (Å²) in [6.45, 7) is 11.9. The standard InChI is InChI=1S/C18H27N3O2/c1-12-9-14-15(10-19-17(14)22)20-16(12)21-7-5-13(6-8-21)23-11-18(2,3)4/h9,13H,5-8,10-11H2,1-4H3,(H,19,22). The van der Waals surface area contributed by atoms with E-state index in [1.165, 1.54) is 0 Å². The summed E-state index contributed by atoms with van der Waals surface area (Å²) in [4.78, 5) is 18.8. The predicted molar refractivity (Wildman–Crippen MR) is 90.8 cm³/mol. The summed E-state index contributed by atoms with van der Waals surface area (Å²) in [5.41, 5.74) is 2.90. The van der Waals surface area contributed by atoms with Crippen molar-refractivity contribution in [2.75, 3.05) is 24.6 Å². The van der Waals surface area contributed by atoms with E-state index in [9.17, 15) is 4.79 Å². The number of amides is 1. The molecule has 23 heavy (non-hydrogen) atoms. The van der Waals surface area contributed by atoms with Gasteiger partial charge in [0.05, 0.1) is 30.5 Å². The third-order valence-corrected chi connectivity index (χ3v) is 4.42. The number of aryl methyl sites for hydroxylation is 1. The van der Waals surface area contributed by atoms with Crippen molar-refractivity contribution >= 4 is 11.7 Å². The molecule has 126 valence electrons. The first-order valence-electron chi connectivity index (χ1n) is 8.49. The number of fused-ring (bicyclic) bond motifs is 1. The Morgan fingerprint density at radius 2 is 2.04 bits per heavy atom. The second-order valence-corrected chi connectivity index (χ2v) is 7.86. The van der Waals surface area contributed by atoms with E-state index in [0.717, 1.165) is 55.2 Å². The molecule has 0 saturated carbocycles. The van der Waals surface area contributed by atoms with E-state index in [2.05, 4.69) is 31.0 Å². The number of pyridine rings is 1. The van der Waals surface area contributed by atoms with Crippen LogP contribution in [-0.2, 0) is 11.3 Å². The number of piperidine rings is 1. The lowest BCUT2D eigenvalue weighted by Gasteiger charge is -2.34. The topological polar surface area (TPSA) is 54.5 Å². The van der Waals surface area contributed by atoms with E-state index in [4.69, 9.17) is 9.72 Å². The molecule has 1 aromatic rings. The van der Waals surface area contributed by atoms with Gasteiger partial charge in [-0.2, -0.15) is 0 Å². The Kier molecular flexibility index (Phi) is 4.32. The minimum absolute atomic E-state index is 0.00330. The van der Waals surface area contributed by atoms with E-state index in [1.807, 2.05) is 13.0 Å². The Balaban J connectivity index is 1.63. The molecule has 5 nitrogen and oxygen atoms in total. The fourth-order valence-electron chi connectivity index (χ4n) is 3.15. The van der Waals surface area contributed by atoms with Gasteiger partial charge in [-0.15, -0.1) is 0 Å². The molecule has 0 atom stereocenters. The maximum absolute atomic E-state index is 11.7. The van der Waals surface area contributed by atoms with Crippen LogP contribution in [0.3, 0.4) is 0 Å². The molecule has 1 amide bonds. The lowest BCUT2D eigenvalue weighted by atomic mass is 9.98. The monoisotopic (exact) mass is 317 g/mol. The van der Waals surface area contributed by atoms with Crippen LogP contribution in [0.5, 0.6) is 0 Å². The normalized spacial score (nSPS) is 19.0. The Bertz CT molecular complexity index is 599. The third-order valence-electron chi connectivity index (χ3n) is 4.42.